The van der Waals surface area contributed by atoms with Crippen molar-refractivity contribution in [1.82, 2.24) is 24.6 Å². The summed E-state index contributed by atoms with van der Waals surface area (Å²) in [6.45, 7) is 0.560. The minimum Gasteiger partial charge on any atom is -0.322 e. The van der Waals surface area contributed by atoms with Crippen molar-refractivity contribution in [3.63, 3.8) is 0 Å². The number of halogens is 2. The molecule has 0 aliphatic carbocycles. The number of likely N-dealkylation sites (tertiary alicyclic amines) is 1. The van der Waals surface area contributed by atoms with Crippen LogP contribution in [0.25, 0.3) is 16.9 Å². The number of aromatic nitrogens is 4. The van der Waals surface area contributed by atoms with Crippen LogP contribution in [0.4, 0.5) is 14.9 Å². The molecule has 4 rings (SSSR count). The van der Waals surface area contributed by atoms with E-state index in [0.29, 0.717) is 30.1 Å². The van der Waals surface area contributed by atoms with E-state index in [4.69, 9.17) is 0 Å². The number of nitrogens with one attached hydrogen (secondary N) is 1. The Hall–Kier alpha value is -2.55. The smallest absolute Gasteiger partial charge is 0.321 e. The Morgan fingerprint density at radius 2 is 2.24 bits per heavy atom. The SMILES string of the molecule is O=C(Nc1ccnc(-n2cc3cc(Br)cnc3n2)c1)N1CC[C@@H](F)C1. The quantitative estimate of drug-likeness (QED) is 0.711. The molecule has 2 amide bonds. The van der Waals surface area contributed by atoms with E-state index in [2.05, 4.69) is 36.3 Å². The zero-order valence-corrected chi connectivity index (χ0v) is 14.6. The van der Waals surface area contributed by atoms with Gasteiger partial charge in [-0.15, -0.1) is 5.10 Å². The Morgan fingerprint density at radius 1 is 1.36 bits per heavy atom. The van der Waals surface area contributed by atoms with Crippen molar-refractivity contribution >= 4 is 38.7 Å². The van der Waals surface area contributed by atoms with E-state index in [1.165, 1.54) is 4.90 Å². The summed E-state index contributed by atoms with van der Waals surface area (Å²) >= 11 is 3.38. The van der Waals surface area contributed by atoms with Crippen LogP contribution in [0.5, 0.6) is 0 Å². The number of nitrogens with zero attached hydrogens (tertiary/aromatic N) is 5. The Labute approximate surface area is 151 Å². The van der Waals surface area contributed by atoms with E-state index in [-0.39, 0.29) is 12.6 Å². The topological polar surface area (TPSA) is 75.9 Å². The van der Waals surface area contributed by atoms with Crippen LogP contribution in [0.2, 0.25) is 0 Å². The van der Waals surface area contributed by atoms with Crippen molar-refractivity contribution in [2.75, 3.05) is 18.4 Å². The van der Waals surface area contributed by atoms with Gasteiger partial charge in [0.25, 0.3) is 0 Å². The lowest BCUT2D eigenvalue weighted by Gasteiger charge is -2.16. The van der Waals surface area contributed by atoms with Crippen LogP contribution in [0.3, 0.4) is 0 Å². The average Bonchev–Trinajstić information content (AvgIpc) is 3.21. The highest BCUT2D eigenvalue weighted by atomic mass is 79.9. The van der Waals surface area contributed by atoms with Gasteiger partial charge < -0.3 is 10.2 Å². The predicted molar refractivity (Wildman–Crippen MR) is 94.5 cm³/mol. The summed E-state index contributed by atoms with van der Waals surface area (Å²) in [5, 5.41) is 8.03. The van der Waals surface area contributed by atoms with Crippen LogP contribution < -0.4 is 5.32 Å². The zero-order chi connectivity index (χ0) is 17.4. The first-order chi connectivity index (χ1) is 12.1. The molecule has 128 valence electrons. The highest BCUT2D eigenvalue weighted by molar-refractivity contribution is 9.10. The first-order valence-electron chi connectivity index (χ1n) is 7.76. The average molecular weight is 405 g/mol. The molecule has 0 aromatic carbocycles. The lowest BCUT2D eigenvalue weighted by atomic mass is 10.3. The monoisotopic (exact) mass is 404 g/mol. The third-order valence-corrected chi connectivity index (χ3v) is 4.41. The number of hydrogen-bond donors (Lipinski definition) is 1. The number of amides is 2. The summed E-state index contributed by atoms with van der Waals surface area (Å²) in [5.74, 6) is 0.553. The Kier molecular flexibility index (Phi) is 4.08. The molecule has 1 fully saturated rings. The van der Waals surface area contributed by atoms with Crippen LogP contribution in [0.1, 0.15) is 6.42 Å². The normalized spacial score (nSPS) is 17.2. The van der Waals surface area contributed by atoms with Gasteiger partial charge in [-0.1, -0.05) is 0 Å². The molecule has 0 unspecified atom stereocenters. The van der Waals surface area contributed by atoms with E-state index in [9.17, 15) is 9.18 Å². The molecule has 7 nitrogen and oxygen atoms in total. The fourth-order valence-electron chi connectivity index (χ4n) is 2.73. The number of anilines is 1. The number of rotatable bonds is 2. The largest absolute Gasteiger partial charge is 0.322 e. The second kappa shape index (κ2) is 6.40. The minimum absolute atomic E-state index is 0.134. The molecular weight excluding hydrogens is 391 g/mol. The van der Waals surface area contributed by atoms with Gasteiger partial charge in [0.15, 0.2) is 11.5 Å². The first kappa shape index (κ1) is 15.9. The lowest BCUT2D eigenvalue weighted by Crippen LogP contribution is -2.33. The molecule has 0 radical (unpaired) electrons. The van der Waals surface area contributed by atoms with Gasteiger partial charge in [0.1, 0.15) is 6.17 Å². The Morgan fingerprint density at radius 3 is 3.04 bits per heavy atom. The maximum atomic E-state index is 13.2. The predicted octanol–water partition coefficient (Wildman–Crippen LogP) is 3.15. The number of carbonyl (C=O) groups is 1. The zero-order valence-electron chi connectivity index (χ0n) is 13.1. The molecule has 0 bridgehead atoms. The molecule has 25 heavy (non-hydrogen) atoms. The van der Waals surface area contributed by atoms with Crippen molar-refractivity contribution in [2.45, 2.75) is 12.6 Å². The maximum Gasteiger partial charge on any atom is 0.321 e. The van der Waals surface area contributed by atoms with Crippen LogP contribution in [-0.2, 0) is 0 Å². The molecule has 1 atom stereocenters. The molecular formula is C16H14BrFN6O. The molecule has 4 heterocycles. The van der Waals surface area contributed by atoms with E-state index in [0.717, 1.165) is 9.86 Å². The molecule has 1 N–H and O–H groups in total. The minimum atomic E-state index is -0.943. The van der Waals surface area contributed by atoms with Gasteiger partial charge in [-0.05, 0) is 34.5 Å². The first-order valence-corrected chi connectivity index (χ1v) is 8.55. The number of fused-ring (bicyclic) bond motifs is 1. The highest BCUT2D eigenvalue weighted by Gasteiger charge is 2.25. The lowest BCUT2D eigenvalue weighted by molar-refractivity contribution is 0.218. The fourth-order valence-corrected chi connectivity index (χ4v) is 3.08. The molecule has 0 spiro atoms. The number of pyridine rings is 2. The van der Waals surface area contributed by atoms with Crippen molar-refractivity contribution in [3.8, 4) is 5.82 Å². The summed E-state index contributed by atoms with van der Waals surface area (Å²) in [5.41, 5.74) is 1.18. The second-order valence-electron chi connectivity index (χ2n) is 5.80. The van der Waals surface area contributed by atoms with Gasteiger partial charge in [-0.2, -0.15) is 0 Å². The highest BCUT2D eigenvalue weighted by Crippen LogP contribution is 2.19. The molecule has 0 saturated carbocycles. The number of urea groups is 1. The van der Waals surface area contributed by atoms with Gasteiger partial charge in [0.2, 0.25) is 0 Å². The third-order valence-electron chi connectivity index (χ3n) is 3.98. The van der Waals surface area contributed by atoms with Gasteiger partial charge in [-0.25, -0.2) is 23.8 Å². The molecule has 1 saturated heterocycles. The van der Waals surface area contributed by atoms with Crippen molar-refractivity contribution in [1.29, 1.82) is 0 Å². The van der Waals surface area contributed by atoms with E-state index in [1.807, 2.05) is 12.3 Å². The number of hydrogen-bond acceptors (Lipinski definition) is 4. The van der Waals surface area contributed by atoms with Gasteiger partial charge in [0, 0.05) is 46.7 Å². The summed E-state index contributed by atoms with van der Waals surface area (Å²) in [7, 11) is 0. The fraction of sp³-hybridized carbons (Fsp3) is 0.250. The standard InChI is InChI=1S/C16H14BrFN6O/c17-11-5-10-8-24(22-15(10)20-7-11)14-6-13(1-3-19-14)21-16(25)23-4-2-12(18)9-23/h1,3,5-8,12H,2,4,9H2,(H,19,21,25)/t12-/m1/s1. The molecule has 1 aliphatic heterocycles. The van der Waals surface area contributed by atoms with Crippen LogP contribution in [0, 0.1) is 0 Å². The Balaban J connectivity index is 1.57. The van der Waals surface area contributed by atoms with Crippen LogP contribution in [-0.4, -0.2) is 49.9 Å². The van der Waals surface area contributed by atoms with Crippen LogP contribution in [0.15, 0.2) is 41.3 Å². The second-order valence-corrected chi connectivity index (χ2v) is 6.72. The van der Waals surface area contributed by atoms with Gasteiger partial charge in [0.05, 0.1) is 6.54 Å². The summed E-state index contributed by atoms with van der Waals surface area (Å²) < 4.78 is 15.7. The van der Waals surface area contributed by atoms with Gasteiger partial charge in [-0.3, -0.25) is 0 Å². The summed E-state index contributed by atoms with van der Waals surface area (Å²) in [6, 6.07) is 5.00. The molecule has 3 aromatic rings. The maximum absolute atomic E-state index is 13.2. The van der Waals surface area contributed by atoms with Crippen LogP contribution >= 0.6 is 15.9 Å². The third kappa shape index (κ3) is 3.32. The number of carbonyl (C=O) groups excluding carboxylic acids is 1. The van der Waals surface area contributed by atoms with E-state index >= 15 is 0 Å². The van der Waals surface area contributed by atoms with Crippen molar-refractivity contribution < 1.29 is 9.18 Å². The van der Waals surface area contributed by atoms with E-state index in [1.54, 1.807) is 29.2 Å². The van der Waals surface area contributed by atoms with E-state index < -0.39 is 6.17 Å². The van der Waals surface area contributed by atoms with Gasteiger partial charge >= 0.3 is 6.03 Å². The van der Waals surface area contributed by atoms with Crippen molar-refractivity contribution in [3.05, 3.63) is 41.3 Å². The summed E-state index contributed by atoms with van der Waals surface area (Å²) in [4.78, 5) is 22.2. The summed E-state index contributed by atoms with van der Waals surface area (Å²) in [6.07, 6.45) is 4.52. The molecule has 1 aliphatic rings. The van der Waals surface area contributed by atoms with Crippen molar-refractivity contribution in [2.24, 2.45) is 0 Å². The Bertz CT molecular complexity index is 945. The molecule has 9 heteroatoms. The number of alkyl halides is 1. The molecule has 3 aromatic heterocycles.